The van der Waals surface area contributed by atoms with E-state index in [0.29, 0.717) is 39.5 Å². The fourth-order valence-corrected chi connectivity index (χ4v) is 3.77. The van der Waals surface area contributed by atoms with Crippen LogP contribution in [0, 0.1) is 5.92 Å². The fourth-order valence-electron chi connectivity index (χ4n) is 3.77. The van der Waals surface area contributed by atoms with Crippen LogP contribution in [-0.2, 0) is 19.1 Å². The first-order chi connectivity index (χ1) is 10.2. The maximum absolute atomic E-state index is 12.6. The first kappa shape index (κ1) is 14.8. The highest BCUT2D eigenvalue weighted by Gasteiger charge is 2.41. The largest absolute Gasteiger partial charge is 0.378 e. The Hall–Kier alpha value is -1.14. The molecule has 1 aliphatic carbocycles. The zero-order valence-corrected chi connectivity index (χ0v) is 12.6. The minimum Gasteiger partial charge on any atom is -0.378 e. The minimum atomic E-state index is 0.0212. The summed E-state index contributed by atoms with van der Waals surface area (Å²) in [6, 6.07) is 0.0694. The van der Waals surface area contributed by atoms with Crippen molar-refractivity contribution >= 4 is 11.8 Å². The van der Waals surface area contributed by atoms with E-state index in [1.807, 2.05) is 9.80 Å². The van der Waals surface area contributed by atoms with Crippen LogP contribution in [0.1, 0.15) is 26.2 Å². The summed E-state index contributed by atoms with van der Waals surface area (Å²) in [6.45, 7) is 5.51. The topological polar surface area (TPSA) is 59.1 Å². The monoisotopic (exact) mass is 296 g/mol. The van der Waals surface area contributed by atoms with E-state index in [4.69, 9.17) is 9.47 Å². The van der Waals surface area contributed by atoms with Crippen molar-refractivity contribution in [3.63, 3.8) is 0 Å². The number of amides is 2. The SMILES string of the molecule is CC(=O)N1CCO[C@@H]2CC[C@H](C(=O)N3CCOCC3)C[C@H]21. The Morgan fingerprint density at radius 1 is 1.05 bits per heavy atom. The Morgan fingerprint density at radius 3 is 2.52 bits per heavy atom. The van der Waals surface area contributed by atoms with Crippen molar-refractivity contribution < 1.29 is 19.1 Å². The van der Waals surface area contributed by atoms with Gasteiger partial charge in [-0.05, 0) is 19.3 Å². The third kappa shape index (κ3) is 3.06. The van der Waals surface area contributed by atoms with Crippen molar-refractivity contribution in [1.82, 2.24) is 9.80 Å². The van der Waals surface area contributed by atoms with Crippen molar-refractivity contribution in [2.75, 3.05) is 39.5 Å². The molecule has 2 heterocycles. The molecule has 1 saturated carbocycles. The predicted molar refractivity (Wildman–Crippen MR) is 75.7 cm³/mol. The van der Waals surface area contributed by atoms with Gasteiger partial charge < -0.3 is 19.3 Å². The molecule has 6 heteroatoms. The summed E-state index contributed by atoms with van der Waals surface area (Å²) in [5, 5.41) is 0. The number of carbonyl (C=O) groups excluding carboxylic acids is 2. The van der Waals surface area contributed by atoms with E-state index < -0.39 is 0 Å². The molecular formula is C15H24N2O4. The number of rotatable bonds is 1. The summed E-state index contributed by atoms with van der Waals surface area (Å²) in [5.41, 5.74) is 0. The van der Waals surface area contributed by atoms with Crippen LogP contribution in [-0.4, -0.2) is 73.2 Å². The second-order valence-corrected chi connectivity index (χ2v) is 6.14. The van der Waals surface area contributed by atoms with Crippen LogP contribution in [0.5, 0.6) is 0 Å². The van der Waals surface area contributed by atoms with Crippen molar-refractivity contribution in [1.29, 1.82) is 0 Å². The van der Waals surface area contributed by atoms with Crippen LogP contribution >= 0.6 is 0 Å². The molecule has 0 aromatic rings. The molecule has 0 bridgehead atoms. The van der Waals surface area contributed by atoms with E-state index in [-0.39, 0.29) is 29.9 Å². The van der Waals surface area contributed by atoms with Crippen LogP contribution in [0.25, 0.3) is 0 Å². The average molecular weight is 296 g/mol. The van der Waals surface area contributed by atoms with Crippen molar-refractivity contribution in [2.24, 2.45) is 5.92 Å². The number of hydrogen-bond donors (Lipinski definition) is 0. The molecule has 0 N–H and O–H groups in total. The van der Waals surface area contributed by atoms with Crippen LogP contribution in [0.4, 0.5) is 0 Å². The normalized spacial score (nSPS) is 33.5. The van der Waals surface area contributed by atoms with Crippen molar-refractivity contribution in [3.05, 3.63) is 0 Å². The molecule has 2 aliphatic heterocycles. The molecule has 3 atom stereocenters. The highest BCUT2D eigenvalue weighted by Crippen LogP contribution is 2.33. The molecule has 3 rings (SSSR count). The van der Waals surface area contributed by atoms with Gasteiger partial charge in [-0.15, -0.1) is 0 Å². The first-order valence-electron chi connectivity index (χ1n) is 7.92. The lowest BCUT2D eigenvalue weighted by Gasteiger charge is -2.46. The van der Waals surface area contributed by atoms with Gasteiger partial charge in [0.15, 0.2) is 0 Å². The lowest BCUT2D eigenvalue weighted by molar-refractivity contribution is -0.156. The van der Waals surface area contributed by atoms with E-state index in [9.17, 15) is 9.59 Å². The quantitative estimate of drug-likeness (QED) is 0.696. The molecule has 6 nitrogen and oxygen atoms in total. The summed E-state index contributed by atoms with van der Waals surface area (Å²) < 4.78 is 11.1. The molecule has 118 valence electrons. The van der Waals surface area contributed by atoms with Crippen LogP contribution in [0.15, 0.2) is 0 Å². The molecular weight excluding hydrogens is 272 g/mol. The predicted octanol–water partition coefficient (Wildman–Crippen LogP) is 0.261. The summed E-state index contributed by atoms with van der Waals surface area (Å²) in [4.78, 5) is 28.2. The molecule has 0 spiro atoms. The number of nitrogens with zero attached hydrogens (tertiary/aromatic N) is 2. The smallest absolute Gasteiger partial charge is 0.225 e. The fraction of sp³-hybridized carbons (Fsp3) is 0.867. The summed E-state index contributed by atoms with van der Waals surface area (Å²) >= 11 is 0. The Morgan fingerprint density at radius 2 is 1.81 bits per heavy atom. The summed E-state index contributed by atoms with van der Waals surface area (Å²) in [6.07, 6.45) is 2.58. The molecule has 2 saturated heterocycles. The van der Waals surface area contributed by atoms with Crippen LogP contribution in [0.3, 0.4) is 0 Å². The van der Waals surface area contributed by atoms with Gasteiger partial charge in [-0.1, -0.05) is 0 Å². The van der Waals surface area contributed by atoms with E-state index in [2.05, 4.69) is 0 Å². The number of fused-ring (bicyclic) bond motifs is 1. The molecule has 3 aliphatic rings. The lowest BCUT2D eigenvalue weighted by atomic mass is 9.81. The van der Waals surface area contributed by atoms with Gasteiger partial charge in [0, 0.05) is 32.5 Å². The third-order valence-electron chi connectivity index (χ3n) is 4.90. The zero-order valence-electron chi connectivity index (χ0n) is 12.6. The maximum atomic E-state index is 12.6. The highest BCUT2D eigenvalue weighted by atomic mass is 16.5. The molecule has 21 heavy (non-hydrogen) atoms. The van der Waals surface area contributed by atoms with Gasteiger partial charge >= 0.3 is 0 Å². The molecule has 2 amide bonds. The van der Waals surface area contributed by atoms with Gasteiger partial charge in [-0.2, -0.15) is 0 Å². The minimum absolute atomic E-state index is 0.0212. The lowest BCUT2D eigenvalue weighted by Crippen LogP contribution is -2.57. The molecule has 0 aromatic carbocycles. The van der Waals surface area contributed by atoms with Crippen molar-refractivity contribution in [2.45, 2.75) is 38.3 Å². The zero-order chi connectivity index (χ0) is 14.8. The second kappa shape index (κ2) is 6.32. The first-order valence-corrected chi connectivity index (χ1v) is 7.92. The van der Waals surface area contributed by atoms with Crippen LogP contribution < -0.4 is 0 Å². The number of hydrogen-bond acceptors (Lipinski definition) is 4. The van der Waals surface area contributed by atoms with Gasteiger partial charge in [-0.25, -0.2) is 0 Å². The average Bonchev–Trinajstić information content (AvgIpc) is 2.53. The Bertz CT molecular complexity index is 408. The van der Waals surface area contributed by atoms with Gasteiger partial charge in [0.1, 0.15) is 0 Å². The third-order valence-corrected chi connectivity index (χ3v) is 4.90. The van der Waals surface area contributed by atoms with Gasteiger partial charge in [0.05, 0.1) is 32.0 Å². The van der Waals surface area contributed by atoms with Gasteiger partial charge in [-0.3, -0.25) is 9.59 Å². The molecule has 0 radical (unpaired) electrons. The van der Waals surface area contributed by atoms with E-state index in [1.165, 1.54) is 0 Å². The van der Waals surface area contributed by atoms with Gasteiger partial charge in [0.25, 0.3) is 0 Å². The number of carbonyl (C=O) groups is 2. The van der Waals surface area contributed by atoms with E-state index in [0.717, 1.165) is 19.3 Å². The Balaban J connectivity index is 1.65. The number of morpholine rings is 2. The second-order valence-electron chi connectivity index (χ2n) is 6.14. The summed E-state index contributed by atoms with van der Waals surface area (Å²) in [5.74, 6) is 0.339. The maximum Gasteiger partial charge on any atom is 0.225 e. The van der Waals surface area contributed by atoms with E-state index in [1.54, 1.807) is 6.92 Å². The molecule has 0 unspecified atom stereocenters. The van der Waals surface area contributed by atoms with Crippen molar-refractivity contribution in [3.8, 4) is 0 Å². The highest BCUT2D eigenvalue weighted by molar-refractivity contribution is 5.79. The molecule has 0 aromatic heterocycles. The van der Waals surface area contributed by atoms with Gasteiger partial charge in [0.2, 0.25) is 11.8 Å². The Kier molecular flexibility index (Phi) is 4.45. The number of ether oxygens (including phenoxy) is 2. The van der Waals surface area contributed by atoms with Crippen LogP contribution in [0.2, 0.25) is 0 Å². The molecule has 3 fully saturated rings. The summed E-state index contributed by atoms with van der Waals surface area (Å²) in [7, 11) is 0. The Labute approximate surface area is 125 Å². The standard InChI is InChI=1S/C15H24N2O4/c1-11(18)17-6-9-21-14-3-2-12(10-13(14)17)15(19)16-4-7-20-8-5-16/h12-14H,2-10H2,1H3/t12-,13+,14+/m0/s1. The van der Waals surface area contributed by atoms with E-state index >= 15 is 0 Å².